The molecule has 126 valence electrons. The van der Waals surface area contributed by atoms with Crippen molar-refractivity contribution in [3.63, 3.8) is 0 Å². The highest BCUT2D eigenvalue weighted by atomic mass is 35.5. The Bertz CT molecular complexity index is 835. The maximum atomic E-state index is 14.3. The molecular weight excluding hydrogens is 356 g/mol. The van der Waals surface area contributed by atoms with E-state index in [1.165, 1.54) is 0 Å². The Balaban J connectivity index is 2.86. The summed E-state index contributed by atoms with van der Waals surface area (Å²) in [5.74, 6) is -0.757. The molecule has 0 bridgehead atoms. The van der Waals surface area contributed by atoms with E-state index in [-0.39, 0.29) is 25.6 Å². The van der Waals surface area contributed by atoms with Crippen molar-refractivity contribution in [2.24, 2.45) is 0 Å². The van der Waals surface area contributed by atoms with Crippen LogP contribution in [0.1, 0.15) is 31.9 Å². The maximum Gasteiger partial charge on any atom is 0.423 e. The molecule has 1 aromatic heterocycles. The van der Waals surface area contributed by atoms with Crippen LogP contribution in [0.3, 0.4) is 0 Å². The van der Waals surface area contributed by atoms with Crippen LogP contribution < -0.4 is 5.63 Å². The first-order valence-corrected chi connectivity index (χ1v) is 7.74. The Kier molecular flexibility index (Phi) is 4.50. The van der Waals surface area contributed by atoms with Crippen LogP contribution in [0, 0.1) is 12.7 Å². The number of hydrogen-bond acceptors (Lipinski definition) is 3. The van der Waals surface area contributed by atoms with Gasteiger partial charge in [-0.2, -0.15) is 13.2 Å². The van der Waals surface area contributed by atoms with Gasteiger partial charge in [-0.25, -0.2) is 9.18 Å². The van der Waals surface area contributed by atoms with Crippen molar-refractivity contribution in [2.45, 2.75) is 43.5 Å². The molecule has 2 rings (SSSR count). The quantitative estimate of drug-likeness (QED) is 0.362. The van der Waals surface area contributed by atoms with Gasteiger partial charge in [-0.1, -0.05) is 32.4 Å². The molecule has 2 aromatic rings. The van der Waals surface area contributed by atoms with Crippen LogP contribution in [0.5, 0.6) is 0 Å². The van der Waals surface area contributed by atoms with Crippen LogP contribution in [-0.2, 0) is 6.18 Å². The van der Waals surface area contributed by atoms with E-state index in [1.807, 2.05) is 20.8 Å². The van der Waals surface area contributed by atoms with E-state index < -0.39 is 28.7 Å². The van der Waals surface area contributed by atoms with E-state index in [1.54, 1.807) is 0 Å². The molecule has 23 heavy (non-hydrogen) atoms. The number of halogens is 5. The predicted octanol–water partition coefficient (Wildman–Crippen LogP) is 5.80. The van der Waals surface area contributed by atoms with E-state index in [0.29, 0.717) is 0 Å². The molecule has 0 saturated carbocycles. The first kappa shape index (κ1) is 18.1. The van der Waals surface area contributed by atoms with Crippen LogP contribution in [0.2, 0.25) is 5.02 Å². The Morgan fingerprint density at radius 2 is 1.78 bits per heavy atom. The minimum Gasteiger partial charge on any atom is -0.421 e. The van der Waals surface area contributed by atoms with Crippen molar-refractivity contribution in [1.29, 1.82) is 0 Å². The average Bonchev–Trinajstić information content (AvgIpc) is 2.33. The monoisotopic (exact) mass is 368 g/mol. The highest BCUT2D eigenvalue weighted by Crippen LogP contribution is 2.43. The second-order valence-electron chi connectivity index (χ2n) is 5.98. The zero-order valence-corrected chi connectivity index (χ0v) is 14.3. The third-order valence-electron chi connectivity index (χ3n) is 3.00. The van der Waals surface area contributed by atoms with Crippen LogP contribution in [0.25, 0.3) is 11.0 Å². The minimum atomic E-state index is -4.89. The fraction of sp³-hybridized carbons (Fsp3) is 0.400. The van der Waals surface area contributed by atoms with Crippen molar-refractivity contribution in [3.8, 4) is 0 Å². The summed E-state index contributed by atoms with van der Waals surface area (Å²) < 4.78 is 57.5. The highest BCUT2D eigenvalue weighted by molar-refractivity contribution is 8.00. The highest BCUT2D eigenvalue weighted by Gasteiger charge is 2.38. The van der Waals surface area contributed by atoms with Crippen molar-refractivity contribution in [1.82, 2.24) is 0 Å². The molecule has 1 heterocycles. The average molecular weight is 369 g/mol. The lowest BCUT2D eigenvalue weighted by atomic mass is 10.1. The number of hydrogen-bond donors (Lipinski definition) is 0. The van der Waals surface area contributed by atoms with Crippen molar-refractivity contribution >= 4 is 34.3 Å². The molecule has 0 fully saturated rings. The Hall–Kier alpha value is -1.21. The molecule has 0 unspecified atom stereocenters. The lowest BCUT2D eigenvalue weighted by molar-refractivity contribution is -0.140. The zero-order valence-electron chi connectivity index (χ0n) is 12.7. The van der Waals surface area contributed by atoms with Gasteiger partial charge in [0.2, 0.25) is 0 Å². The van der Waals surface area contributed by atoms with Gasteiger partial charge in [-0.15, -0.1) is 11.8 Å². The molecule has 0 aliphatic heterocycles. The van der Waals surface area contributed by atoms with Crippen LogP contribution in [0.15, 0.2) is 20.2 Å². The molecule has 0 N–H and O–H groups in total. The summed E-state index contributed by atoms with van der Waals surface area (Å²) in [6.45, 7) is 6.57. The minimum absolute atomic E-state index is 0.0361. The van der Waals surface area contributed by atoms with Crippen molar-refractivity contribution < 1.29 is 22.0 Å². The Morgan fingerprint density at radius 3 is 2.26 bits per heavy atom. The van der Waals surface area contributed by atoms with Crippen LogP contribution in [0.4, 0.5) is 17.6 Å². The maximum absolute atomic E-state index is 14.3. The van der Waals surface area contributed by atoms with Gasteiger partial charge in [0.15, 0.2) is 5.58 Å². The first-order chi connectivity index (χ1) is 10.3. The summed E-state index contributed by atoms with van der Waals surface area (Å²) in [7, 11) is 0. The summed E-state index contributed by atoms with van der Waals surface area (Å²) in [5, 5.41) is -0.369. The van der Waals surface area contributed by atoms with Gasteiger partial charge in [0.25, 0.3) is 0 Å². The summed E-state index contributed by atoms with van der Waals surface area (Å²) >= 11 is 7.19. The van der Waals surface area contributed by atoms with Gasteiger partial charge in [-0.05, 0) is 18.6 Å². The molecule has 0 aliphatic carbocycles. The lowest BCUT2D eigenvalue weighted by Crippen LogP contribution is -2.20. The standard InChI is InChI=1S/C15H13ClF4O2S/c1-6-7-5-8(17)12(23-14(2,3)4)10(16)11(7)22-13(21)9(6)15(18,19)20/h5H,1-4H3. The number of fused-ring (bicyclic) bond motifs is 1. The van der Waals surface area contributed by atoms with E-state index in [2.05, 4.69) is 0 Å². The zero-order chi connectivity index (χ0) is 17.7. The molecule has 2 nitrogen and oxygen atoms in total. The van der Waals surface area contributed by atoms with Gasteiger partial charge in [0, 0.05) is 10.1 Å². The molecule has 0 aliphatic rings. The topological polar surface area (TPSA) is 30.2 Å². The van der Waals surface area contributed by atoms with Gasteiger partial charge < -0.3 is 4.42 Å². The number of alkyl halides is 3. The fourth-order valence-corrected chi connectivity index (χ4v) is 3.42. The third kappa shape index (κ3) is 3.50. The van der Waals surface area contributed by atoms with E-state index in [4.69, 9.17) is 16.0 Å². The van der Waals surface area contributed by atoms with E-state index in [9.17, 15) is 22.4 Å². The summed E-state index contributed by atoms with van der Waals surface area (Å²) in [4.78, 5) is 11.7. The van der Waals surface area contributed by atoms with Gasteiger partial charge in [0.1, 0.15) is 16.4 Å². The summed E-state index contributed by atoms with van der Waals surface area (Å²) in [5.41, 5.74) is -3.63. The largest absolute Gasteiger partial charge is 0.423 e. The molecule has 0 saturated heterocycles. The van der Waals surface area contributed by atoms with E-state index >= 15 is 0 Å². The Morgan fingerprint density at radius 1 is 1.22 bits per heavy atom. The molecule has 0 radical (unpaired) electrons. The SMILES string of the molecule is Cc1c(C(F)(F)F)c(=O)oc2c(Cl)c(SC(C)(C)C)c(F)cc12. The first-order valence-electron chi connectivity index (χ1n) is 6.54. The second-order valence-corrected chi connectivity index (χ2v) is 8.19. The molecule has 0 atom stereocenters. The van der Waals surface area contributed by atoms with Gasteiger partial charge in [0.05, 0.1) is 4.90 Å². The number of rotatable bonds is 1. The van der Waals surface area contributed by atoms with Gasteiger partial charge in [-0.3, -0.25) is 0 Å². The third-order valence-corrected chi connectivity index (χ3v) is 4.69. The molecule has 1 aromatic carbocycles. The normalized spacial score (nSPS) is 12.9. The number of thioether (sulfide) groups is 1. The smallest absolute Gasteiger partial charge is 0.421 e. The Labute approximate surface area is 138 Å². The fourth-order valence-electron chi connectivity index (χ4n) is 2.12. The lowest BCUT2D eigenvalue weighted by Gasteiger charge is -2.20. The number of benzene rings is 1. The van der Waals surface area contributed by atoms with E-state index in [0.717, 1.165) is 24.8 Å². The molecule has 0 amide bonds. The van der Waals surface area contributed by atoms with Crippen molar-refractivity contribution in [2.75, 3.05) is 0 Å². The molecule has 8 heteroatoms. The van der Waals surface area contributed by atoms with Gasteiger partial charge >= 0.3 is 11.8 Å². The second kappa shape index (κ2) is 5.70. The van der Waals surface area contributed by atoms with Crippen LogP contribution >= 0.6 is 23.4 Å². The van der Waals surface area contributed by atoms with Crippen LogP contribution in [-0.4, -0.2) is 4.75 Å². The molecule has 0 spiro atoms. The number of aryl methyl sites for hydroxylation is 1. The summed E-state index contributed by atoms with van der Waals surface area (Å²) in [6.07, 6.45) is -4.89. The van der Waals surface area contributed by atoms with Crippen molar-refractivity contribution in [3.05, 3.63) is 38.5 Å². The predicted molar refractivity (Wildman–Crippen MR) is 82.8 cm³/mol. The summed E-state index contributed by atoms with van der Waals surface area (Å²) in [6, 6.07) is 0.919. The molecular formula is C15H13ClF4O2S.